The lowest BCUT2D eigenvalue weighted by Crippen LogP contribution is -2.67. The zero-order valence-electron chi connectivity index (χ0n) is 16.4. The fourth-order valence-corrected chi connectivity index (χ4v) is 4.60. The smallest absolute Gasteiger partial charge is 0.185 e. The van der Waals surface area contributed by atoms with Crippen LogP contribution in [-0.2, 0) is 0 Å². The predicted molar refractivity (Wildman–Crippen MR) is 111 cm³/mol. The molecule has 4 aromatic heterocycles. The summed E-state index contributed by atoms with van der Waals surface area (Å²) in [5, 5.41) is 13.9. The second-order valence-electron chi connectivity index (χ2n) is 7.96. The quantitative estimate of drug-likeness (QED) is 0.578. The summed E-state index contributed by atoms with van der Waals surface area (Å²) in [6, 6.07) is 8.13. The Balaban J connectivity index is 1.30. The highest BCUT2D eigenvalue weighted by Crippen LogP contribution is 2.33. The van der Waals surface area contributed by atoms with Gasteiger partial charge in [0.15, 0.2) is 5.65 Å². The summed E-state index contributed by atoms with van der Waals surface area (Å²) < 4.78 is 9.28. The van der Waals surface area contributed by atoms with Crippen LogP contribution in [0.15, 0.2) is 42.9 Å². The Morgan fingerprint density at radius 2 is 2.10 bits per heavy atom. The largest absolute Gasteiger partial charge is 0.492 e. The van der Waals surface area contributed by atoms with E-state index in [0.717, 1.165) is 53.4 Å². The second-order valence-corrected chi connectivity index (χ2v) is 7.96. The van der Waals surface area contributed by atoms with Crippen molar-refractivity contribution in [3.8, 4) is 11.4 Å². The lowest BCUT2D eigenvalue weighted by atomic mass is 9.88. The number of hydrogen-bond acceptors (Lipinski definition) is 6. The Labute approximate surface area is 168 Å². The molecule has 2 saturated heterocycles. The van der Waals surface area contributed by atoms with Crippen LogP contribution in [0.4, 0.5) is 5.82 Å². The number of rotatable bonds is 4. The van der Waals surface area contributed by atoms with Gasteiger partial charge in [-0.25, -0.2) is 14.2 Å². The minimum Gasteiger partial charge on any atom is -0.492 e. The minimum absolute atomic E-state index is 0.325. The van der Waals surface area contributed by atoms with E-state index < -0.39 is 0 Å². The third kappa shape index (κ3) is 2.59. The number of nitrogens with zero attached hydrogens (tertiary/aromatic N) is 6. The normalized spacial score (nSPS) is 18.0. The van der Waals surface area contributed by atoms with Crippen LogP contribution in [0.2, 0.25) is 0 Å². The summed E-state index contributed by atoms with van der Waals surface area (Å²) in [5.74, 6) is 1.83. The fraction of sp³-hybridized carbons (Fsp3) is 0.381. The van der Waals surface area contributed by atoms with Crippen LogP contribution in [0, 0.1) is 0 Å². The molecule has 0 bridgehead atoms. The van der Waals surface area contributed by atoms with Gasteiger partial charge < -0.3 is 15.0 Å². The van der Waals surface area contributed by atoms with Crippen LogP contribution in [0.3, 0.4) is 0 Å². The van der Waals surface area contributed by atoms with Gasteiger partial charge in [0.2, 0.25) is 0 Å². The molecule has 0 amide bonds. The van der Waals surface area contributed by atoms with Gasteiger partial charge in [0.1, 0.15) is 11.6 Å². The fourth-order valence-electron chi connectivity index (χ4n) is 4.60. The van der Waals surface area contributed by atoms with Crippen LogP contribution in [-0.4, -0.2) is 56.2 Å². The summed E-state index contributed by atoms with van der Waals surface area (Å²) in [6.45, 7) is 5.83. The molecular formula is C21H23N7O. The maximum Gasteiger partial charge on any atom is 0.185 e. The lowest BCUT2D eigenvalue weighted by molar-refractivity contribution is 0.293. The number of ether oxygens (including phenoxy) is 1. The van der Waals surface area contributed by atoms with Crippen LogP contribution in [0.25, 0.3) is 22.2 Å². The monoisotopic (exact) mass is 389 g/mol. The van der Waals surface area contributed by atoms with Crippen molar-refractivity contribution in [3.05, 3.63) is 42.9 Å². The first-order valence-electron chi connectivity index (χ1n) is 10.2. The van der Waals surface area contributed by atoms with Gasteiger partial charge in [-0.2, -0.15) is 5.10 Å². The molecule has 6 heterocycles. The van der Waals surface area contributed by atoms with E-state index in [1.165, 1.54) is 12.8 Å². The molecule has 0 radical (unpaired) electrons. The van der Waals surface area contributed by atoms with Crippen molar-refractivity contribution in [2.45, 2.75) is 25.3 Å². The third-order valence-corrected chi connectivity index (χ3v) is 6.06. The van der Waals surface area contributed by atoms with Gasteiger partial charge in [0.25, 0.3) is 0 Å². The molecule has 0 aliphatic carbocycles. The van der Waals surface area contributed by atoms with E-state index in [0.29, 0.717) is 12.1 Å². The molecule has 8 nitrogen and oxygen atoms in total. The summed E-state index contributed by atoms with van der Waals surface area (Å²) in [5.41, 5.74) is 3.05. The van der Waals surface area contributed by atoms with Gasteiger partial charge in [0, 0.05) is 13.1 Å². The number of fused-ring (bicyclic) bond motifs is 3. The van der Waals surface area contributed by atoms with E-state index in [4.69, 9.17) is 14.8 Å². The third-order valence-electron chi connectivity index (χ3n) is 6.06. The second kappa shape index (κ2) is 6.18. The van der Waals surface area contributed by atoms with Crippen molar-refractivity contribution >= 4 is 22.4 Å². The Bertz CT molecular complexity index is 1180. The Morgan fingerprint density at radius 3 is 2.86 bits per heavy atom. The van der Waals surface area contributed by atoms with Gasteiger partial charge in [-0.15, -0.1) is 5.10 Å². The highest BCUT2D eigenvalue weighted by molar-refractivity contribution is 5.92. The predicted octanol–water partition coefficient (Wildman–Crippen LogP) is 2.41. The van der Waals surface area contributed by atoms with Gasteiger partial charge in [-0.05, 0) is 50.6 Å². The molecule has 6 rings (SSSR count). The summed E-state index contributed by atoms with van der Waals surface area (Å²) in [4.78, 5) is 7.03. The molecule has 1 spiro atoms. The number of hydrogen-bond donors (Lipinski definition) is 1. The van der Waals surface area contributed by atoms with Crippen molar-refractivity contribution in [2.75, 3.05) is 31.1 Å². The van der Waals surface area contributed by atoms with Gasteiger partial charge in [0.05, 0.1) is 47.3 Å². The molecule has 2 fully saturated rings. The first kappa shape index (κ1) is 16.8. The summed E-state index contributed by atoms with van der Waals surface area (Å²) in [6.07, 6.45) is 8.19. The Morgan fingerprint density at radius 1 is 1.17 bits per heavy atom. The molecular weight excluding hydrogens is 366 g/mol. The van der Waals surface area contributed by atoms with Crippen LogP contribution >= 0.6 is 0 Å². The lowest BCUT2D eigenvalue weighted by Gasteiger charge is -2.49. The van der Waals surface area contributed by atoms with Crippen LogP contribution in [0.1, 0.15) is 19.8 Å². The highest BCUT2D eigenvalue weighted by Gasteiger charge is 2.45. The van der Waals surface area contributed by atoms with Crippen molar-refractivity contribution < 1.29 is 4.74 Å². The highest BCUT2D eigenvalue weighted by atomic mass is 16.5. The van der Waals surface area contributed by atoms with Crippen LogP contribution in [0.5, 0.6) is 5.75 Å². The minimum atomic E-state index is 0.325. The summed E-state index contributed by atoms with van der Waals surface area (Å²) >= 11 is 0. The number of nitrogens with one attached hydrogen (secondary N) is 1. The van der Waals surface area contributed by atoms with Crippen molar-refractivity contribution in [1.82, 2.24) is 29.7 Å². The molecule has 2 aliphatic heterocycles. The van der Waals surface area contributed by atoms with E-state index in [1.54, 1.807) is 0 Å². The molecule has 148 valence electrons. The van der Waals surface area contributed by atoms with Crippen LogP contribution < -0.4 is 15.0 Å². The zero-order chi connectivity index (χ0) is 19.4. The summed E-state index contributed by atoms with van der Waals surface area (Å²) in [7, 11) is 0. The molecule has 29 heavy (non-hydrogen) atoms. The van der Waals surface area contributed by atoms with E-state index in [-0.39, 0.29) is 0 Å². The van der Waals surface area contributed by atoms with Crippen molar-refractivity contribution in [1.29, 1.82) is 0 Å². The van der Waals surface area contributed by atoms with Crippen molar-refractivity contribution in [2.24, 2.45) is 0 Å². The van der Waals surface area contributed by atoms with Gasteiger partial charge in [-0.3, -0.25) is 0 Å². The van der Waals surface area contributed by atoms with E-state index in [9.17, 15) is 0 Å². The average molecular weight is 389 g/mol. The number of pyridine rings is 2. The first-order valence-corrected chi connectivity index (χ1v) is 10.2. The Kier molecular flexibility index (Phi) is 3.58. The molecule has 0 atom stereocenters. The van der Waals surface area contributed by atoms with Gasteiger partial charge in [-0.1, -0.05) is 0 Å². The molecule has 4 aromatic rings. The molecule has 8 heteroatoms. The Hall–Kier alpha value is -3.13. The average Bonchev–Trinajstić information content (AvgIpc) is 3.42. The van der Waals surface area contributed by atoms with Gasteiger partial charge >= 0.3 is 0 Å². The molecule has 2 aliphatic rings. The standard InChI is InChI=1S/C21H23N7O/c1-2-29-16-5-6-18-17-11-24-28(20(17)25-27(18)12-16)15-4-7-19(22-10-15)26-13-21(14-26)8-3-9-23-21/h4-7,10-12,23H,2-3,8-9,13-14H2,1H3. The number of aromatic nitrogens is 5. The maximum atomic E-state index is 5.59. The maximum absolute atomic E-state index is 5.59. The molecule has 0 aromatic carbocycles. The van der Waals surface area contributed by atoms with Crippen molar-refractivity contribution in [3.63, 3.8) is 0 Å². The van der Waals surface area contributed by atoms with E-state index in [1.807, 2.05) is 46.8 Å². The van der Waals surface area contributed by atoms with E-state index in [2.05, 4.69) is 27.4 Å². The van der Waals surface area contributed by atoms with E-state index >= 15 is 0 Å². The molecule has 0 unspecified atom stereocenters. The SMILES string of the molecule is CCOc1ccc2c3cnn(-c4ccc(N5CC6(CCCN6)C5)nc4)c3nn2c1. The zero-order valence-corrected chi connectivity index (χ0v) is 16.4. The topological polar surface area (TPSA) is 72.5 Å². The number of anilines is 1. The first-order chi connectivity index (χ1) is 14.2. The molecule has 1 N–H and O–H groups in total. The molecule has 0 saturated carbocycles.